The van der Waals surface area contributed by atoms with E-state index >= 15 is 0 Å². The molecule has 0 bridgehead atoms. The molecule has 316 valence electrons. The smallest absolute Gasteiger partial charge is 0.317 e. The van der Waals surface area contributed by atoms with Crippen LogP contribution in [0.15, 0.2) is 132 Å². The largest absolute Gasteiger partial charge is 0.506 e. The minimum Gasteiger partial charge on any atom is -0.506 e. The first-order valence-electron chi connectivity index (χ1n) is 21.0. The third-order valence-electron chi connectivity index (χ3n) is 11.2. The summed E-state index contributed by atoms with van der Waals surface area (Å²) in [6, 6.07) is 40.0. The number of hydrogen-bond donors (Lipinski definition) is 4. The van der Waals surface area contributed by atoms with Crippen LogP contribution in [-0.2, 0) is 29.0 Å². The standard InChI is InChI=1S/C50H54N4O7/c1-59-45-30-37(32-51-26-22-38-17-20-44(55)48-42(38)19-21-46(56)53-48)16-18-43(45)49(57)52-25-9-29-60-41-15-8-14-40(31-41)47(39-12-6-3-7-13-39)50(58)61-34-36-23-27-54(28-24-36)33-35-10-4-2-5-11-35/h2-8,10-21,30-31,36,47,51,55H,9,22-29,32-34H2,1H3,(H,52,57)(H,53,56). The molecule has 11 nitrogen and oxygen atoms in total. The van der Waals surface area contributed by atoms with Gasteiger partial charge in [-0.2, -0.15) is 0 Å². The molecule has 4 N–H and O–H groups in total. The number of H-pyrrole nitrogens is 1. The van der Waals surface area contributed by atoms with Crippen molar-refractivity contribution in [2.75, 3.05) is 46.5 Å². The predicted molar refractivity (Wildman–Crippen MR) is 237 cm³/mol. The van der Waals surface area contributed by atoms with Gasteiger partial charge in [0.1, 0.15) is 23.2 Å². The maximum absolute atomic E-state index is 13.8. The lowest BCUT2D eigenvalue weighted by Gasteiger charge is -2.32. The maximum atomic E-state index is 13.8. The second-order valence-corrected chi connectivity index (χ2v) is 15.5. The third kappa shape index (κ3) is 11.7. The molecule has 0 aliphatic carbocycles. The van der Waals surface area contributed by atoms with E-state index in [1.165, 1.54) is 11.6 Å². The molecule has 1 aliphatic rings. The second kappa shape index (κ2) is 21.2. The van der Waals surface area contributed by atoms with E-state index in [9.17, 15) is 19.5 Å². The maximum Gasteiger partial charge on any atom is 0.317 e. The van der Waals surface area contributed by atoms with E-state index in [4.69, 9.17) is 14.2 Å². The molecule has 7 rings (SSSR count). The molecule has 11 heteroatoms. The topological polar surface area (TPSA) is 142 Å². The fraction of sp³-hybridized carbons (Fsp3) is 0.300. The number of nitrogens with zero attached hydrogens (tertiary/aromatic N) is 1. The van der Waals surface area contributed by atoms with Crippen LogP contribution >= 0.6 is 0 Å². The molecule has 1 saturated heterocycles. The van der Waals surface area contributed by atoms with Crippen LogP contribution in [0.4, 0.5) is 0 Å². The Morgan fingerprint density at radius 2 is 1.61 bits per heavy atom. The lowest BCUT2D eigenvalue weighted by molar-refractivity contribution is -0.146. The molecule has 1 aliphatic heterocycles. The van der Waals surface area contributed by atoms with Gasteiger partial charge in [0.05, 0.1) is 31.4 Å². The first-order valence-corrected chi connectivity index (χ1v) is 21.0. The van der Waals surface area contributed by atoms with Gasteiger partial charge in [-0.1, -0.05) is 84.9 Å². The average molecular weight is 823 g/mol. The number of pyridine rings is 1. The Balaban J connectivity index is 0.857. The van der Waals surface area contributed by atoms with E-state index in [0.717, 1.165) is 60.1 Å². The number of nitrogens with one attached hydrogen (secondary N) is 3. The zero-order chi connectivity index (χ0) is 42.4. The molecule has 1 fully saturated rings. The second-order valence-electron chi connectivity index (χ2n) is 15.5. The summed E-state index contributed by atoms with van der Waals surface area (Å²) < 4.78 is 17.7. The van der Waals surface area contributed by atoms with Crippen LogP contribution in [0, 0.1) is 5.92 Å². The number of aromatic hydroxyl groups is 1. The highest BCUT2D eigenvalue weighted by Crippen LogP contribution is 2.30. The van der Waals surface area contributed by atoms with Gasteiger partial charge in [0.2, 0.25) is 5.56 Å². The molecule has 0 radical (unpaired) electrons. The summed E-state index contributed by atoms with van der Waals surface area (Å²) in [5.74, 6) is 0.407. The SMILES string of the molecule is COc1cc(CNCCc2ccc(O)c3[nH]c(=O)ccc23)ccc1C(=O)NCCCOc1cccc(C(C(=O)OCC2CCN(Cc3ccccc3)CC2)c2ccccc2)c1. The van der Waals surface area contributed by atoms with Gasteiger partial charge < -0.3 is 34.9 Å². The Bertz CT molecular complexity index is 2430. The van der Waals surface area contributed by atoms with Gasteiger partial charge in [0.25, 0.3) is 5.91 Å². The number of methoxy groups -OCH3 is 1. The average Bonchev–Trinajstić information content (AvgIpc) is 3.29. The number of phenolic OH excluding ortho intramolecular Hbond substituents is 1. The first-order chi connectivity index (χ1) is 29.8. The van der Waals surface area contributed by atoms with Gasteiger partial charge >= 0.3 is 5.97 Å². The number of esters is 1. The molecule has 0 spiro atoms. The quantitative estimate of drug-likeness (QED) is 0.0487. The summed E-state index contributed by atoms with van der Waals surface area (Å²) in [5, 5.41) is 17.4. The number of benzene rings is 5. The fourth-order valence-electron chi connectivity index (χ4n) is 7.89. The Morgan fingerprint density at radius 3 is 2.39 bits per heavy atom. The van der Waals surface area contributed by atoms with Crippen molar-refractivity contribution in [1.82, 2.24) is 20.5 Å². The van der Waals surface area contributed by atoms with E-state index in [1.807, 2.05) is 78.9 Å². The minimum atomic E-state index is -0.584. The summed E-state index contributed by atoms with van der Waals surface area (Å²) in [6.07, 6.45) is 3.25. The number of aromatic amines is 1. The van der Waals surface area contributed by atoms with Crippen molar-refractivity contribution in [2.24, 2.45) is 5.92 Å². The van der Waals surface area contributed by atoms with Crippen molar-refractivity contribution in [2.45, 2.75) is 44.7 Å². The number of hydrogen-bond acceptors (Lipinski definition) is 9. The van der Waals surface area contributed by atoms with Crippen LogP contribution in [0.25, 0.3) is 10.9 Å². The Morgan fingerprint density at radius 1 is 0.836 bits per heavy atom. The van der Waals surface area contributed by atoms with Crippen LogP contribution in [0.1, 0.15) is 63.4 Å². The molecule has 5 aromatic carbocycles. The van der Waals surface area contributed by atoms with Crippen LogP contribution in [0.2, 0.25) is 0 Å². The third-order valence-corrected chi connectivity index (χ3v) is 11.2. The molecule has 1 amide bonds. The van der Waals surface area contributed by atoms with Crippen LogP contribution < -0.4 is 25.7 Å². The van der Waals surface area contributed by atoms with Crippen molar-refractivity contribution in [3.05, 3.63) is 171 Å². The number of likely N-dealkylation sites (tertiary alicyclic amines) is 1. The number of ether oxygens (including phenoxy) is 3. The predicted octanol–water partition coefficient (Wildman–Crippen LogP) is 7.36. The van der Waals surface area contributed by atoms with Crippen molar-refractivity contribution >= 4 is 22.8 Å². The first kappa shape index (κ1) is 42.7. The molecule has 6 aromatic rings. The number of aromatic nitrogens is 1. The van der Waals surface area contributed by atoms with E-state index in [0.29, 0.717) is 74.2 Å². The van der Waals surface area contributed by atoms with Gasteiger partial charge in [-0.3, -0.25) is 19.3 Å². The van der Waals surface area contributed by atoms with E-state index < -0.39 is 5.92 Å². The van der Waals surface area contributed by atoms with E-state index in [1.54, 1.807) is 25.3 Å². The highest BCUT2D eigenvalue weighted by Gasteiger charge is 2.27. The lowest BCUT2D eigenvalue weighted by atomic mass is 9.91. The Kier molecular flexibility index (Phi) is 14.8. The van der Waals surface area contributed by atoms with Crippen molar-refractivity contribution in [1.29, 1.82) is 0 Å². The Labute approximate surface area is 356 Å². The monoisotopic (exact) mass is 822 g/mol. The molecule has 2 heterocycles. The van der Waals surface area contributed by atoms with E-state index in [-0.39, 0.29) is 23.2 Å². The summed E-state index contributed by atoms with van der Waals surface area (Å²) in [5.41, 5.74) is 5.57. The molecule has 1 atom stereocenters. The van der Waals surface area contributed by atoms with Gasteiger partial charge in [-0.15, -0.1) is 0 Å². The van der Waals surface area contributed by atoms with Crippen molar-refractivity contribution in [3.8, 4) is 17.2 Å². The lowest BCUT2D eigenvalue weighted by Crippen LogP contribution is -2.35. The Hall–Kier alpha value is -6.43. The number of fused-ring (bicyclic) bond motifs is 1. The molecule has 1 aromatic heterocycles. The zero-order valence-corrected chi connectivity index (χ0v) is 34.6. The zero-order valence-electron chi connectivity index (χ0n) is 34.6. The van der Waals surface area contributed by atoms with Gasteiger partial charge in [-0.05, 0) is 115 Å². The summed E-state index contributed by atoms with van der Waals surface area (Å²) >= 11 is 0. The number of carbonyl (C=O) groups excluding carboxylic acids is 2. The normalized spacial score (nSPS) is 13.7. The molecular weight excluding hydrogens is 769 g/mol. The number of amides is 1. The number of piperidine rings is 1. The van der Waals surface area contributed by atoms with E-state index in [2.05, 4.69) is 44.8 Å². The molecular formula is C50H54N4O7. The van der Waals surface area contributed by atoms with Gasteiger partial charge in [0.15, 0.2) is 0 Å². The van der Waals surface area contributed by atoms with Crippen LogP contribution in [0.3, 0.4) is 0 Å². The number of phenols is 1. The fourth-order valence-corrected chi connectivity index (χ4v) is 7.89. The highest BCUT2D eigenvalue weighted by atomic mass is 16.5. The van der Waals surface area contributed by atoms with Crippen LogP contribution in [-0.4, -0.2) is 73.4 Å². The van der Waals surface area contributed by atoms with Crippen molar-refractivity contribution < 1.29 is 28.9 Å². The summed E-state index contributed by atoms with van der Waals surface area (Å²) in [7, 11) is 1.55. The summed E-state index contributed by atoms with van der Waals surface area (Å²) in [4.78, 5) is 43.8. The summed E-state index contributed by atoms with van der Waals surface area (Å²) in [6.45, 7) is 5.30. The number of rotatable bonds is 19. The molecule has 1 unspecified atom stereocenters. The highest BCUT2D eigenvalue weighted by molar-refractivity contribution is 5.97. The minimum absolute atomic E-state index is 0.0428. The van der Waals surface area contributed by atoms with Gasteiger partial charge in [-0.25, -0.2) is 0 Å². The van der Waals surface area contributed by atoms with Crippen LogP contribution in [0.5, 0.6) is 17.2 Å². The molecule has 0 saturated carbocycles. The van der Waals surface area contributed by atoms with Gasteiger partial charge in [0, 0.05) is 31.1 Å². The number of carbonyl (C=O) groups is 2. The molecule has 61 heavy (non-hydrogen) atoms. The van der Waals surface area contributed by atoms with Crippen molar-refractivity contribution in [3.63, 3.8) is 0 Å².